The van der Waals surface area contributed by atoms with Gasteiger partial charge in [-0.2, -0.15) is 0 Å². The van der Waals surface area contributed by atoms with Crippen LogP contribution in [0.25, 0.3) is 0 Å². The van der Waals surface area contributed by atoms with Crippen molar-refractivity contribution in [3.8, 4) is 5.75 Å². The predicted octanol–water partition coefficient (Wildman–Crippen LogP) is 4.72. The Bertz CT molecular complexity index is 1050. The maximum atomic E-state index is 14.1. The molecule has 1 saturated heterocycles. The highest BCUT2D eigenvalue weighted by Crippen LogP contribution is 2.31. The van der Waals surface area contributed by atoms with Gasteiger partial charge in [0.05, 0.1) is 13.2 Å². The summed E-state index contributed by atoms with van der Waals surface area (Å²) in [6.45, 7) is 5.14. The second-order valence-corrected chi connectivity index (χ2v) is 9.02. The second-order valence-electron chi connectivity index (χ2n) is 8.04. The minimum absolute atomic E-state index is 0.0956. The molecule has 0 bridgehead atoms. The van der Waals surface area contributed by atoms with E-state index in [2.05, 4.69) is 27.2 Å². The molecule has 2 heterocycles. The molecule has 1 aliphatic heterocycles. The third kappa shape index (κ3) is 5.17. The predicted molar refractivity (Wildman–Crippen MR) is 127 cm³/mol. The SMILES string of the molecule is COc1ccc(N2CCN([C@@H](c3cccs3)[C@@H](C)NC(=O)c3c(F)cccc3F)CC2)cc1. The first kappa shape index (κ1) is 23.2. The number of nitrogens with one attached hydrogen (secondary N) is 1. The van der Waals surface area contributed by atoms with E-state index in [9.17, 15) is 13.6 Å². The minimum Gasteiger partial charge on any atom is -0.497 e. The molecule has 174 valence electrons. The van der Waals surface area contributed by atoms with Crippen LogP contribution in [0.4, 0.5) is 14.5 Å². The summed E-state index contributed by atoms with van der Waals surface area (Å²) in [4.78, 5) is 18.5. The van der Waals surface area contributed by atoms with Crippen molar-refractivity contribution in [1.29, 1.82) is 0 Å². The lowest BCUT2D eigenvalue weighted by atomic mass is 10.0. The second kappa shape index (κ2) is 10.3. The Morgan fingerprint density at radius 1 is 1.00 bits per heavy atom. The third-order valence-electron chi connectivity index (χ3n) is 6.00. The summed E-state index contributed by atoms with van der Waals surface area (Å²) in [5.41, 5.74) is 0.595. The van der Waals surface area contributed by atoms with Crippen LogP contribution in [0.3, 0.4) is 0 Å². The van der Waals surface area contributed by atoms with Crippen molar-refractivity contribution >= 4 is 22.9 Å². The highest BCUT2D eigenvalue weighted by molar-refractivity contribution is 7.10. The zero-order valence-corrected chi connectivity index (χ0v) is 19.4. The van der Waals surface area contributed by atoms with Crippen LogP contribution in [-0.2, 0) is 0 Å². The van der Waals surface area contributed by atoms with Gasteiger partial charge in [-0.3, -0.25) is 9.69 Å². The van der Waals surface area contributed by atoms with Crippen molar-refractivity contribution in [2.45, 2.75) is 19.0 Å². The molecule has 4 rings (SSSR count). The number of thiophene rings is 1. The molecule has 0 radical (unpaired) electrons. The van der Waals surface area contributed by atoms with Crippen molar-refractivity contribution in [3.63, 3.8) is 0 Å². The number of hydrogen-bond acceptors (Lipinski definition) is 5. The molecule has 0 spiro atoms. The molecule has 8 heteroatoms. The lowest BCUT2D eigenvalue weighted by molar-refractivity contribution is 0.0882. The summed E-state index contributed by atoms with van der Waals surface area (Å²) in [5, 5.41) is 4.84. The minimum atomic E-state index is -0.861. The molecule has 1 aliphatic rings. The number of rotatable bonds is 7. The Hall–Kier alpha value is -2.97. The van der Waals surface area contributed by atoms with E-state index in [1.165, 1.54) is 6.07 Å². The number of benzene rings is 2. The largest absolute Gasteiger partial charge is 0.497 e. The lowest BCUT2D eigenvalue weighted by Gasteiger charge is -2.42. The van der Waals surface area contributed by atoms with Gasteiger partial charge in [-0.05, 0) is 54.8 Å². The van der Waals surface area contributed by atoms with Gasteiger partial charge in [0.15, 0.2) is 0 Å². The molecule has 2 atom stereocenters. The lowest BCUT2D eigenvalue weighted by Crippen LogP contribution is -2.52. The van der Waals surface area contributed by atoms with E-state index >= 15 is 0 Å². The Labute approximate surface area is 196 Å². The molecule has 1 aromatic heterocycles. The summed E-state index contributed by atoms with van der Waals surface area (Å²) < 4.78 is 33.5. The highest BCUT2D eigenvalue weighted by Gasteiger charge is 2.32. The van der Waals surface area contributed by atoms with Crippen LogP contribution < -0.4 is 15.0 Å². The van der Waals surface area contributed by atoms with Gasteiger partial charge in [0.2, 0.25) is 0 Å². The monoisotopic (exact) mass is 471 g/mol. The molecule has 1 amide bonds. The number of piperazine rings is 1. The molecule has 0 aliphatic carbocycles. The fourth-order valence-corrected chi connectivity index (χ4v) is 5.29. The third-order valence-corrected chi connectivity index (χ3v) is 6.95. The first-order valence-electron chi connectivity index (χ1n) is 10.9. The standard InChI is InChI=1S/C25H27F2N3O2S/c1-17(28-25(31)23-20(26)5-3-6-21(23)27)24(22-7-4-16-33-22)30-14-12-29(13-15-30)18-8-10-19(32-2)11-9-18/h3-11,16-17,24H,12-15H2,1-2H3,(H,28,31)/t17-,24-/m1/s1. The number of hydrogen-bond donors (Lipinski definition) is 1. The van der Waals surface area contributed by atoms with E-state index in [1.807, 2.05) is 36.6 Å². The Morgan fingerprint density at radius 2 is 1.67 bits per heavy atom. The smallest absolute Gasteiger partial charge is 0.257 e. The van der Waals surface area contributed by atoms with E-state index < -0.39 is 23.1 Å². The maximum Gasteiger partial charge on any atom is 0.257 e. The van der Waals surface area contributed by atoms with E-state index in [-0.39, 0.29) is 12.1 Å². The number of halogens is 2. The number of anilines is 1. The van der Waals surface area contributed by atoms with Gasteiger partial charge in [-0.15, -0.1) is 11.3 Å². The molecular weight excluding hydrogens is 444 g/mol. The van der Waals surface area contributed by atoms with E-state index in [4.69, 9.17) is 4.74 Å². The van der Waals surface area contributed by atoms with Gasteiger partial charge in [0, 0.05) is 42.8 Å². The van der Waals surface area contributed by atoms with Gasteiger partial charge in [-0.1, -0.05) is 12.1 Å². The van der Waals surface area contributed by atoms with E-state index in [1.54, 1.807) is 18.4 Å². The summed E-state index contributed by atoms with van der Waals surface area (Å²) in [7, 11) is 1.65. The fourth-order valence-electron chi connectivity index (χ4n) is 4.33. The summed E-state index contributed by atoms with van der Waals surface area (Å²) in [5.74, 6) is -1.64. The molecule has 1 fully saturated rings. The molecular formula is C25H27F2N3O2S. The van der Waals surface area contributed by atoms with Crippen molar-refractivity contribution in [2.75, 3.05) is 38.2 Å². The first-order chi connectivity index (χ1) is 16.0. The number of ether oxygens (including phenoxy) is 1. The molecule has 0 saturated carbocycles. The molecule has 2 aromatic carbocycles. The van der Waals surface area contributed by atoms with Crippen LogP contribution in [0.1, 0.15) is 28.2 Å². The van der Waals surface area contributed by atoms with Crippen LogP contribution in [0.5, 0.6) is 5.75 Å². The Kier molecular flexibility index (Phi) is 7.25. The Morgan fingerprint density at radius 3 is 2.24 bits per heavy atom. The number of amides is 1. The quantitative estimate of drug-likeness (QED) is 0.542. The van der Waals surface area contributed by atoms with Crippen molar-refractivity contribution < 1.29 is 18.3 Å². The molecule has 3 aromatic rings. The van der Waals surface area contributed by atoms with Crippen molar-refractivity contribution in [3.05, 3.63) is 82.1 Å². The Balaban J connectivity index is 1.47. The number of carbonyl (C=O) groups excluding carboxylic acids is 1. The summed E-state index contributed by atoms with van der Waals surface area (Å²) >= 11 is 1.61. The first-order valence-corrected chi connectivity index (χ1v) is 11.8. The summed E-state index contributed by atoms with van der Waals surface area (Å²) in [6, 6.07) is 15.0. The molecule has 1 N–H and O–H groups in total. The summed E-state index contributed by atoms with van der Waals surface area (Å²) in [6.07, 6.45) is 0. The molecule has 33 heavy (non-hydrogen) atoms. The number of methoxy groups -OCH3 is 1. The van der Waals surface area contributed by atoms with Crippen LogP contribution >= 0.6 is 11.3 Å². The van der Waals surface area contributed by atoms with Crippen molar-refractivity contribution in [1.82, 2.24) is 10.2 Å². The van der Waals surface area contributed by atoms with Gasteiger partial charge in [0.25, 0.3) is 5.91 Å². The normalized spacial score (nSPS) is 16.3. The maximum absolute atomic E-state index is 14.1. The van der Waals surface area contributed by atoms with Crippen LogP contribution in [0, 0.1) is 11.6 Å². The van der Waals surface area contributed by atoms with Gasteiger partial charge in [0.1, 0.15) is 22.9 Å². The average molecular weight is 472 g/mol. The average Bonchev–Trinajstić information content (AvgIpc) is 3.34. The van der Waals surface area contributed by atoms with Crippen LogP contribution in [-0.4, -0.2) is 50.1 Å². The number of carbonyl (C=O) groups is 1. The topological polar surface area (TPSA) is 44.8 Å². The van der Waals surface area contributed by atoms with E-state index in [0.717, 1.165) is 54.6 Å². The molecule has 0 unspecified atom stereocenters. The van der Waals surface area contributed by atoms with E-state index in [0.29, 0.717) is 0 Å². The zero-order valence-electron chi connectivity index (χ0n) is 18.6. The highest BCUT2D eigenvalue weighted by atomic mass is 32.1. The van der Waals surface area contributed by atoms with Gasteiger partial charge in [-0.25, -0.2) is 8.78 Å². The van der Waals surface area contributed by atoms with Gasteiger partial charge >= 0.3 is 0 Å². The number of nitrogens with zero attached hydrogens (tertiary/aromatic N) is 2. The fraction of sp³-hybridized carbons (Fsp3) is 0.320. The zero-order chi connectivity index (χ0) is 23.4. The van der Waals surface area contributed by atoms with Crippen LogP contribution in [0.2, 0.25) is 0 Å². The van der Waals surface area contributed by atoms with Crippen molar-refractivity contribution in [2.24, 2.45) is 0 Å². The van der Waals surface area contributed by atoms with Gasteiger partial charge < -0.3 is 15.0 Å². The molecule has 5 nitrogen and oxygen atoms in total. The van der Waals surface area contributed by atoms with Crippen LogP contribution in [0.15, 0.2) is 60.0 Å².